The zero-order valence-electron chi connectivity index (χ0n) is 17.0. The number of halogens is 4. The van der Waals surface area contributed by atoms with Crippen LogP contribution in [0.3, 0.4) is 0 Å². The van der Waals surface area contributed by atoms with E-state index >= 15 is 0 Å². The molecule has 3 aromatic rings. The van der Waals surface area contributed by atoms with Gasteiger partial charge >= 0.3 is 12.4 Å². The molecule has 1 saturated heterocycles. The molecule has 1 aliphatic heterocycles. The van der Waals surface area contributed by atoms with Crippen molar-refractivity contribution in [1.82, 2.24) is 9.88 Å². The highest BCUT2D eigenvalue weighted by Gasteiger charge is 2.52. The van der Waals surface area contributed by atoms with Crippen molar-refractivity contribution < 1.29 is 27.5 Å². The van der Waals surface area contributed by atoms with Gasteiger partial charge in [-0.25, -0.2) is 9.69 Å². The molecule has 0 spiro atoms. The van der Waals surface area contributed by atoms with Gasteiger partial charge < -0.3 is 9.64 Å². The lowest BCUT2D eigenvalue weighted by Gasteiger charge is -2.28. The summed E-state index contributed by atoms with van der Waals surface area (Å²) in [5.41, 5.74) is 0.551. The minimum absolute atomic E-state index is 0.0377. The first-order chi connectivity index (χ1) is 15.0. The number of carbonyl (C=O) groups is 2. The van der Waals surface area contributed by atoms with Crippen LogP contribution in [0.25, 0.3) is 10.9 Å². The summed E-state index contributed by atoms with van der Waals surface area (Å²) in [4.78, 5) is 33.2. The summed E-state index contributed by atoms with van der Waals surface area (Å²) in [6.45, 7) is 3.42. The average molecular weight is 508 g/mol. The normalized spacial score (nSPS) is 16.2. The van der Waals surface area contributed by atoms with E-state index in [0.29, 0.717) is 0 Å². The summed E-state index contributed by atoms with van der Waals surface area (Å²) in [6, 6.07) is 12.2. The number of pyridine rings is 1. The zero-order chi connectivity index (χ0) is 23.3. The molecule has 2 heterocycles. The van der Waals surface area contributed by atoms with Crippen molar-refractivity contribution in [1.29, 1.82) is 0 Å². The SMILES string of the molecule is CC1(C)C(=O)N(c2ccc(OC(F)(F)F)c(Br)c2)C(=O)N1Cc1ccnc2ccccc12. The fourth-order valence-corrected chi connectivity index (χ4v) is 4.08. The lowest BCUT2D eigenvalue weighted by molar-refractivity contribution is -0.274. The van der Waals surface area contributed by atoms with Gasteiger partial charge in [-0.2, -0.15) is 0 Å². The fourth-order valence-electron chi connectivity index (χ4n) is 3.63. The molecule has 1 fully saturated rings. The summed E-state index contributed by atoms with van der Waals surface area (Å²) in [7, 11) is 0. The van der Waals surface area contributed by atoms with Crippen LogP contribution >= 0.6 is 15.9 Å². The Morgan fingerprint density at radius 3 is 2.50 bits per heavy atom. The Bertz CT molecular complexity index is 1220. The van der Waals surface area contributed by atoms with Gasteiger partial charge in [-0.15, -0.1) is 13.2 Å². The number of rotatable bonds is 4. The van der Waals surface area contributed by atoms with Crippen LogP contribution in [-0.4, -0.2) is 33.7 Å². The van der Waals surface area contributed by atoms with Crippen molar-refractivity contribution >= 4 is 44.5 Å². The Balaban J connectivity index is 1.67. The minimum Gasteiger partial charge on any atom is -0.405 e. The van der Waals surface area contributed by atoms with Gasteiger partial charge in [0.2, 0.25) is 0 Å². The van der Waals surface area contributed by atoms with Crippen LogP contribution in [0.1, 0.15) is 19.4 Å². The number of hydrogen-bond acceptors (Lipinski definition) is 4. The third-order valence-corrected chi connectivity index (χ3v) is 5.91. The first kappa shape index (κ1) is 22.1. The number of carbonyl (C=O) groups excluding carboxylic acids is 2. The number of anilines is 1. The van der Waals surface area contributed by atoms with Crippen molar-refractivity contribution in [3.05, 3.63) is 64.8 Å². The minimum atomic E-state index is -4.87. The van der Waals surface area contributed by atoms with Crippen molar-refractivity contribution in [2.45, 2.75) is 32.3 Å². The molecule has 0 N–H and O–H groups in total. The molecule has 32 heavy (non-hydrogen) atoms. The van der Waals surface area contributed by atoms with Crippen molar-refractivity contribution in [3.8, 4) is 5.75 Å². The highest BCUT2D eigenvalue weighted by Crippen LogP contribution is 2.38. The number of hydrogen-bond donors (Lipinski definition) is 0. The Morgan fingerprint density at radius 1 is 1.09 bits per heavy atom. The van der Waals surface area contributed by atoms with Gasteiger partial charge in [0.15, 0.2) is 0 Å². The Morgan fingerprint density at radius 2 is 1.81 bits per heavy atom. The van der Waals surface area contributed by atoms with Crippen LogP contribution in [0.2, 0.25) is 0 Å². The summed E-state index contributed by atoms with van der Waals surface area (Å²) in [5.74, 6) is -0.961. The number of nitrogens with zero attached hydrogens (tertiary/aromatic N) is 3. The molecule has 166 valence electrons. The van der Waals surface area contributed by atoms with E-state index in [2.05, 4.69) is 25.7 Å². The third kappa shape index (κ3) is 3.90. The lowest BCUT2D eigenvalue weighted by Crippen LogP contribution is -2.43. The smallest absolute Gasteiger partial charge is 0.405 e. The van der Waals surface area contributed by atoms with Gasteiger partial charge in [0.05, 0.1) is 15.7 Å². The fraction of sp³-hybridized carbons (Fsp3) is 0.227. The molecule has 1 aliphatic rings. The first-order valence-electron chi connectivity index (χ1n) is 9.53. The number of fused-ring (bicyclic) bond motifs is 1. The predicted octanol–water partition coefficient (Wildman–Crippen LogP) is 5.64. The van der Waals surface area contributed by atoms with E-state index in [4.69, 9.17) is 0 Å². The molecule has 3 amide bonds. The van der Waals surface area contributed by atoms with Crippen molar-refractivity contribution in [2.75, 3.05) is 4.90 Å². The van der Waals surface area contributed by atoms with Gasteiger partial charge in [0.1, 0.15) is 11.3 Å². The number of benzene rings is 2. The third-order valence-electron chi connectivity index (χ3n) is 5.29. The first-order valence-corrected chi connectivity index (χ1v) is 10.3. The number of alkyl halides is 3. The second kappa shape index (κ2) is 7.77. The van der Waals surface area contributed by atoms with Crippen LogP contribution in [0.15, 0.2) is 59.2 Å². The highest BCUT2D eigenvalue weighted by molar-refractivity contribution is 9.10. The highest BCUT2D eigenvalue weighted by atomic mass is 79.9. The summed E-state index contributed by atoms with van der Waals surface area (Å²) in [6.07, 6.45) is -3.23. The maximum absolute atomic E-state index is 13.3. The van der Waals surface area contributed by atoms with Crippen molar-refractivity contribution in [3.63, 3.8) is 0 Å². The molecule has 0 saturated carbocycles. The topological polar surface area (TPSA) is 62.7 Å². The number of ether oxygens (including phenoxy) is 1. The molecule has 0 aliphatic carbocycles. The van der Waals surface area contributed by atoms with Gasteiger partial charge in [-0.1, -0.05) is 18.2 Å². The van der Waals surface area contributed by atoms with E-state index in [9.17, 15) is 22.8 Å². The molecule has 10 heteroatoms. The molecule has 4 rings (SSSR count). The average Bonchev–Trinajstić information content (AvgIpc) is 2.88. The molecule has 0 bridgehead atoms. The van der Waals surface area contributed by atoms with E-state index in [0.717, 1.165) is 27.4 Å². The second-order valence-corrected chi connectivity index (χ2v) is 8.57. The zero-order valence-corrected chi connectivity index (χ0v) is 18.6. The maximum Gasteiger partial charge on any atom is 0.573 e. The van der Waals surface area contributed by atoms with Crippen LogP contribution in [0.5, 0.6) is 5.75 Å². The monoisotopic (exact) mass is 507 g/mol. The van der Waals surface area contributed by atoms with Crippen LogP contribution in [0, 0.1) is 0 Å². The second-order valence-electron chi connectivity index (χ2n) is 7.72. The molecule has 1 aromatic heterocycles. The van der Waals surface area contributed by atoms with Crippen molar-refractivity contribution in [2.24, 2.45) is 0 Å². The van der Waals surface area contributed by atoms with Gasteiger partial charge in [-0.3, -0.25) is 9.78 Å². The number of aromatic nitrogens is 1. The number of para-hydroxylation sites is 1. The predicted molar refractivity (Wildman–Crippen MR) is 115 cm³/mol. The van der Waals surface area contributed by atoms with Gasteiger partial charge in [0, 0.05) is 18.1 Å². The summed E-state index contributed by atoms with van der Waals surface area (Å²) < 4.78 is 41.5. The molecule has 0 atom stereocenters. The largest absolute Gasteiger partial charge is 0.573 e. The molecule has 0 unspecified atom stereocenters. The molecular formula is C22H17BrF3N3O3. The maximum atomic E-state index is 13.3. The van der Waals surface area contributed by atoms with Crippen LogP contribution < -0.4 is 9.64 Å². The Hall–Kier alpha value is -3.14. The Labute approximate surface area is 189 Å². The van der Waals surface area contributed by atoms with E-state index in [-0.39, 0.29) is 16.7 Å². The standard InChI is InChI=1S/C22H17BrF3N3O3/c1-21(2)19(30)29(14-7-8-18(16(23)11-14)32-22(24,25)26)20(31)28(21)12-13-9-10-27-17-6-4-3-5-15(13)17/h3-11H,12H2,1-2H3. The van der Waals surface area contributed by atoms with Crippen LogP contribution in [-0.2, 0) is 11.3 Å². The molecular weight excluding hydrogens is 491 g/mol. The molecule has 0 radical (unpaired) electrons. The summed E-state index contributed by atoms with van der Waals surface area (Å²) in [5, 5.41) is 0.862. The van der Waals surface area contributed by atoms with Gasteiger partial charge in [0.25, 0.3) is 5.91 Å². The van der Waals surface area contributed by atoms with E-state index in [1.165, 1.54) is 17.0 Å². The van der Waals surface area contributed by atoms with E-state index in [1.807, 2.05) is 24.3 Å². The van der Waals surface area contributed by atoms with Gasteiger partial charge in [-0.05, 0) is 65.7 Å². The molecule has 6 nitrogen and oxygen atoms in total. The number of amides is 3. The van der Waals surface area contributed by atoms with Crippen LogP contribution in [0.4, 0.5) is 23.7 Å². The van der Waals surface area contributed by atoms with E-state index < -0.39 is 29.6 Å². The molecule has 2 aromatic carbocycles. The van der Waals surface area contributed by atoms with E-state index in [1.54, 1.807) is 26.1 Å². The quantitative estimate of drug-likeness (QED) is 0.428. The summed E-state index contributed by atoms with van der Waals surface area (Å²) >= 11 is 3.02. The Kier molecular flexibility index (Phi) is 5.36. The lowest BCUT2D eigenvalue weighted by atomic mass is 10.0. The number of urea groups is 1. The number of imide groups is 1.